The number of benzene rings is 3. The second-order valence-electron chi connectivity index (χ2n) is 8.42. The molecular formula is C26H25NO. The Morgan fingerprint density at radius 3 is 1.68 bits per heavy atom. The number of fused-ring (bicyclic) bond motifs is 1. The Morgan fingerprint density at radius 1 is 0.714 bits per heavy atom. The van der Waals surface area contributed by atoms with E-state index in [9.17, 15) is 4.79 Å². The lowest BCUT2D eigenvalue weighted by Crippen LogP contribution is -2.47. The summed E-state index contributed by atoms with van der Waals surface area (Å²) < 4.78 is 0. The lowest BCUT2D eigenvalue weighted by molar-refractivity contribution is -0.123. The standard InChI is InChI=1S/C26H25NO/c1-16(2)22-23-18-12-6-8-14-20(18)24(21-15-9-7-13-19(21)23)25(22)26(28)27-17-10-4-3-5-11-17/h3-16,22-25H,1-2H3,(H,27,28)/t22-,23?,24?,25+/m1/s1. The first kappa shape index (κ1) is 17.2. The molecule has 0 fully saturated rings. The Bertz CT molecular complexity index is 976. The molecule has 0 saturated carbocycles. The number of hydrogen-bond donors (Lipinski definition) is 1. The first-order valence-electron chi connectivity index (χ1n) is 10.2. The fraction of sp³-hybridized carbons (Fsp3) is 0.269. The van der Waals surface area contributed by atoms with E-state index >= 15 is 0 Å². The predicted octanol–water partition coefficient (Wildman–Crippen LogP) is 5.80. The third-order valence-corrected chi connectivity index (χ3v) is 6.60. The summed E-state index contributed by atoms with van der Waals surface area (Å²) in [7, 11) is 0. The SMILES string of the molecule is CC(C)[C@@H]1C2c3ccccc3C(c3ccccc32)[C@H]1C(=O)Nc1ccccc1. The van der Waals surface area contributed by atoms with Gasteiger partial charge in [-0.25, -0.2) is 0 Å². The molecule has 3 aromatic carbocycles. The number of carbonyl (C=O) groups excluding carboxylic acids is 1. The van der Waals surface area contributed by atoms with Gasteiger partial charge in [0, 0.05) is 17.5 Å². The lowest BCUT2D eigenvalue weighted by Gasteiger charge is -2.51. The predicted molar refractivity (Wildman–Crippen MR) is 113 cm³/mol. The molecule has 1 N–H and O–H groups in total. The van der Waals surface area contributed by atoms with E-state index in [1.807, 2.05) is 30.3 Å². The Kier molecular flexibility index (Phi) is 4.08. The van der Waals surface area contributed by atoms with Gasteiger partial charge in [0.25, 0.3) is 0 Å². The van der Waals surface area contributed by atoms with E-state index in [-0.39, 0.29) is 23.7 Å². The normalized spacial score (nSPS) is 24.5. The van der Waals surface area contributed by atoms with Crippen molar-refractivity contribution >= 4 is 11.6 Å². The van der Waals surface area contributed by atoms with Crippen LogP contribution in [0.2, 0.25) is 0 Å². The number of nitrogens with one attached hydrogen (secondary N) is 1. The average Bonchev–Trinajstić information content (AvgIpc) is 2.73. The molecule has 2 heteroatoms. The van der Waals surface area contributed by atoms with Gasteiger partial charge in [-0.15, -0.1) is 0 Å². The van der Waals surface area contributed by atoms with Crippen LogP contribution in [0.1, 0.15) is 47.9 Å². The summed E-state index contributed by atoms with van der Waals surface area (Å²) in [6, 6.07) is 27.3. The molecule has 28 heavy (non-hydrogen) atoms. The number of carbonyl (C=O) groups is 1. The van der Waals surface area contributed by atoms with Crippen molar-refractivity contribution in [3.05, 3.63) is 101 Å². The van der Waals surface area contributed by atoms with Crippen LogP contribution in [-0.2, 0) is 4.79 Å². The molecule has 3 aliphatic carbocycles. The van der Waals surface area contributed by atoms with Crippen LogP contribution in [0.15, 0.2) is 78.9 Å². The Morgan fingerprint density at radius 2 is 1.18 bits per heavy atom. The van der Waals surface area contributed by atoms with Gasteiger partial charge >= 0.3 is 0 Å². The van der Waals surface area contributed by atoms with Gasteiger partial charge < -0.3 is 5.32 Å². The van der Waals surface area contributed by atoms with E-state index in [1.54, 1.807) is 0 Å². The van der Waals surface area contributed by atoms with E-state index in [2.05, 4.69) is 67.7 Å². The van der Waals surface area contributed by atoms with E-state index in [1.165, 1.54) is 22.3 Å². The van der Waals surface area contributed by atoms with Crippen molar-refractivity contribution < 1.29 is 4.79 Å². The molecule has 2 nitrogen and oxygen atoms in total. The molecule has 3 aromatic rings. The van der Waals surface area contributed by atoms with Crippen LogP contribution >= 0.6 is 0 Å². The summed E-state index contributed by atoms with van der Waals surface area (Å²) in [6.45, 7) is 4.53. The first-order valence-corrected chi connectivity index (χ1v) is 10.2. The third kappa shape index (κ3) is 2.51. The van der Waals surface area contributed by atoms with Crippen LogP contribution in [0, 0.1) is 17.8 Å². The van der Waals surface area contributed by atoms with E-state index in [0.29, 0.717) is 11.8 Å². The minimum absolute atomic E-state index is 0.0602. The average molecular weight is 367 g/mol. The van der Waals surface area contributed by atoms with Gasteiger partial charge in [-0.2, -0.15) is 0 Å². The molecule has 0 aromatic heterocycles. The molecule has 3 aliphatic rings. The number of anilines is 1. The summed E-state index contributed by atoms with van der Waals surface area (Å²) in [4.78, 5) is 13.6. The fourth-order valence-corrected chi connectivity index (χ4v) is 5.59. The van der Waals surface area contributed by atoms with Gasteiger partial charge in [0.15, 0.2) is 0 Å². The maximum atomic E-state index is 13.6. The van der Waals surface area contributed by atoms with Crippen LogP contribution in [0.3, 0.4) is 0 Å². The maximum absolute atomic E-state index is 13.6. The van der Waals surface area contributed by atoms with Crippen molar-refractivity contribution in [2.45, 2.75) is 25.7 Å². The zero-order chi connectivity index (χ0) is 19.3. The summed E-state index contributed by atoms with van der Waals surface area (Å²) in [5.74, 6) is 1.19. The van der Waals surface area contributed by atoms with Gasteiger partial charge in [0.05, 0.1) is 5.92 Å². The van der Waals surface area contributed by atoms with Crippen LogP contribution in [0.4, 0.5) is 5.69 Å². The minimum Gasteiger partial charge on any atom is -0.326 e. The molecule has 0 spiro atoms. The molecule has 2 bridgehead atoms. The molecule has 0 heterocycles. The molecule has 1 amide bonds. The molecule has 2 atom stereocenters. The minimum atomic E-state index is -0.0602. The number of hydrogen-bond acceptors (Lipinski definition) is 1. The van der Waals surface area contributed by atoms with Crippen LogP contribution in [-0.4, -0.2) is 5.91 Å². The summed E-state index contributed by atoms with van der Waals surface area (Å²) >= 11 is 0. The van der Waals surface area contributed by atoms with Gasteiger partial charge in [-0.05, 0) is 46.2 Å². The number of amides is 1. The maximum Gasteiger partial charge on any atom is 0.228 e. The lowest BCUT2D eigenvalue weighted by atomic mass is 9.52. The molecule has 0 saturated heterocycles. The quantitative estimate of drug-likeness (QED) is 0.622. The highest BCUT2D eigenvalue weighted by molar-refractivity contribution is 5.94. The van der Waals surface area contributed by atoms with Crippen molar-refractivity contribution in [2.24, 2.45) is 17.8 Å². The van der Waals surface area contributed by atoms with E-state index in [4.69, 9.17) is 0 Å². The molecular weight excluding hydrogens is 342 g/mol. The first-order chi connectivity index (χ1) is 13.7. The Hall–Kier alpha value is -2.87. The Balaban J connectivity index is 1.66. The van der Waals surface area contributed by atoms with Crippen molar-refractivity contribution in [2.75, 3.05) is 5.32 Å². The van der Waals surface area contributed by atoms with Gasteiger partial charge in [-0.1, -0.05) is 80.6 Å². The van der Waals surface area contributed by atoms with Gasteiger partial charge in [0.1, 0.15) is 0 Å². The van der Waals surface area contributed by atoms with Crippen molar-refractivity contribution in [3.8, 4) is 0 Å². The topological polar surface area (TPSA) is 29.1 Å². The molecule has 140 valence electrons. The van der Waals surface area contributed by atoms with Gasteiger partial charge in [-0.3, -0.25) is 4.79 Å². The highest BCUT2D eigenvalue weighted by Crippen LogP contribution is 2.60. The third-order valence-electron chi connectivity index (χ3n) is 6.60. The zero-order valence-electron chi connectivity index (χ0n) is 16.3. The van der Waals surface area contributed by atoms with Crippen molar-refractivity contribution in [3.63, 3.8) is 0 Å². The second-order valence-corrected chi connectivity index (χ2v) is 8.42. The van der Waals surface area contributed by atoms with E-state index in [0.717, 1.165) is 5.69 Å². The summed E-state index contributed by atoms with van der Waals surface area (Å²) in [5.41, 5.74) is 6.35. The Labute approximate surface area is 166 Å². The van der Waals surface area contributed by atoms with Crippen LogP contribution < -0.4 is 5.32 Å². The van der Waals surface area contributed by atoms with Crippen LogP contribution in [0.5, 0.6) is 0 Å². The largest absolute Gasteiger partial charge is 0.326 e. The smallest absolute Gasteiger partial charge is 0.228 e. The molecule has 0 aliphatic heterocycles. The van der Waals surface area contributed by atoms with Gasteiger partial charge in [0.2, 0.25) is 5.91 Å². The monoisotopic (exact) mass is 367 g/mol. The zero-order valence-corrected chi connectivity index (χ0v) is 16.3. The highest BCUT2D eigenvalue weighted by Gasteiger charge is 2.53. The fourth-order valence-electron chi connectivity index (χ4n) is 5.59. The van der Waals surface area contributed by atoms with Crippen LogP contribution in [0.25, 0.3) is 0 Å². The second kappa shape index (κ2) is 6.63. The molecule has 0 unspecified atom stereocenters. The summed E-state index contributed by atoms with van der Waals surface area (Å²) in [5, 5.41) is 3.20. The summed E-state index contributed by atoms with van der Waals surface area (Å²) in [6.07, 6.45) is 0. The van der Waals surface area contributed by atoms with Crippen molar-refractivity contribution in [1.29, 1.82) is 0 Å². The molecule has 0 radical (unpaired) electrons. The van der Waals surface area contributed by atoms with E-state index < -0.39 is 0 Å². The molecule has 6 rings (SSSR count). The number of para-hydroxylation sites is 1. The highest BCUT2D eigenvalue weighted by atomic mass is 16.1. The number of rotatable bonds is 3. The van der Waals surface area contributed by atoms with Crippen molar-refractivity contribution in [1.82, 2.24) is 0 Å².